The van der Waals surface area contributed by atoms with Crippen molar-refractivity contribution >= 4 is 17.7 Å². The van der Waals surface area contributed by atoms with Gasteiger partial charge in [-0.3, -0.25) is 4.79 Å². The summed E-state index contributed by atoms with van der Waals surface area (Å²) in [4.78, 5) is 24.8. The van der Waals surface area contributed by atoms with E-state index in [0.717, 1.165) is 30.3 Å². The number of nitrogens with one attached hydrogen (secondary N) is 3. The summed E-state index contributed by atoms with van der Waals surface area (Å²) in [6, 6.07) is 9.71. The van der Waals surface area contributed by atoms with E-state index in [1.54, 1.807) is 5.32 Å². The van der Waals surface area contributed by atoms with Crippen LogP contribution >= 0.6 is 0 Å². The maximum atomic E-state index is 14.9. The predicted molar refractivity (Wildman–Crippen MR) is 150 cm³/mol. The normalized spacial score (nSPS) is 17.3. The second kappa shape index (κ2) is 15.2. The van der Waals surface area contributed by atoms with Gasteiger partial charge in [0, 0.05) is 24.6 Å². The molecule has 4 rings (SSSR count). The lowest BCUT2D eigenvalue weighted by Gasteiger charge is -2.30. The Kier molecular flexibility index (Phi) is 11.4. The molecule has 3 atom stereocenters. The summed E-state index contributed by atoms with van der Waals surface area (Å²) in [6.45, 7) is -2.06. The molecule has 0 bridgehead atoms. The number of carbonyl (C=O) groups is 2. The minimum Gasteiger partial charge on any atom is -0.486 e. The van der Waals surface area contributed by atoms with E-state index in [1.807, 2.05) is 0 Å². The van der Waals surface area contributed by atoms with Crippen LogP contribution in [0.2, 0.25) is 0 Å². The summed E-state index contributed by atoms with van der Waals surface area (Å²) >= 11 is 0. The van der Waals surface area contributed by atoms with Gasteiger partial charge < -0.3 is 35.9 Å². The highest BCUT2D eigenvalue weighted by Gasteiger charge is 2.31. The van der Waals surface area contributed by atoms with E-state index in [-0.39, 0.29) is 32.1 Å². The van der Waals surface area contributed by atoms with Crippen molar-refractivity contribution in [3.63, 3.8) is 0 Å². The summed E-state index contributed by atoms with van der Waals surface area (Å²) in [6.07, 6.45) is -6.53. The van der Waals surface area contributed by atoms with E-state index in [2.05, 4.69) is 10.6 Å². The number of hydrogen-bond donors (Lipinski definition) is 4. The van der Waals surface area contributed by atoms with Crippen LogP contribution in [0.3, 0.4) is 0 Å². The zero-order chi connectivity index (χ0) is 33.4. The molecule has 9 nitrogen and oxygen atoms in total. The molecule has 3 aromatic rings. The molecule has 0 aromatic heterocycles. The smallest absolute Gasteiger partial charge is 0.407 e. The maximum Gasteiger partial charge on any atom is 0.407 e. The van der Waals surface area contributed by atoms with Crippen LogP contribution in [0.25, 0.3) is 0 Å². The fourth-order valence-corrected chi connectivity index (χ4v) is 4.57. The predicted octanol–water partition coefficient (Wildman–Crippen LogP) is 4.37. The number of rotatable bonds is 11. The Morgan fingerprint density at radius 1 is 0.935 bits per heavy atom. The van der Waals surface area contributed by atoms with Crippen LogP contribution in [0.4, 0.5) is 41.2 Å². The molecule has 16 heteroatoms. The lowest BCUT2D eigenvalue weighted by atomic mass is 9.85. The lowest BCUT2D eigenvalue weighted by molar-refractivity contribution is -0.124. The molecule has 3 aromatic carbocycles. The minimum absolute atomic E-state index is 0.0426. The van der Waals surface area contributed by atoms with Crippen LogP contribution in [0.15, 0.2) is 60.7 Å². The maximum absolute atomic E-state index is 14.9. The van der Waals surface area contributed by atoms with Gasteiger partial charge in [0.2, 0.25) is 5.91 Å². The molecular formula is C30H29F7N4O5. The molecule has 5 N–H and O–H groups in total. The first kappa shape index (κ1) is 34.5. The van der Waals surface area contributed by atoms with E-state index in [4.69, 9.17) is 19.9 Å². The molecule has 1 heterocycles. The summed E-state index contributed by atoms with van der Waals surface area (Å²) < 4.78 is 109. The van der Waals surface area contributed by atoms with Crippen LogP contribution in [-0.4, -0.2) is 69.3 Å². The van der Waals surface area contributed by atoms with Crippen LogP contribution in [0.5, 0.6) is 5.75 Å². The molecule has 0 saturated carbocycles. The number of nitrogens with two attached hydrogens (primary N) is 1. The number of anilines is 1. The van der Waals surface area contributed by atoms with Crippen LogP contribution < -0.4 is 26.4 Å². The third-order valence-electron chi connectivity index (χ3n) is 6.82. The zero-order valence-corrected chi connectivity index (χ0v) is 23.9. The molecule has 1 aliphatic heterocycles. The zero-order valence-electron chi connectivity index (χ0n) is 23.9. The Balaban J connectivity index is 1.38. The Labute approximate surface area is 258 Å². The molecule has 1 aliphatic rings. The van der Waals surface area contributed by atoms with Crippen molar-refractivity contribution in [2.75, 3.05) is 38.2 Å². The topological polar surface area (TPSA) is 124 Å². The molecule has 0 radical (unpaired) electrons. The number of hydrogen-bond acceptors (Lipinski definition) is 7. The standard InChI is InChI=1S/C30H29F7N4O5/c31-18-5-1-16(2-6-18)25(17-3-7-19(32)8-4-17)26(38)28(42)41-24-10-20(33)9-23(34)27(24)45-14-22-11-39-21(12-44-22)13-46-29(43)40-15-30(35,36)37/h1-10,21-22,25-26,39H,11-15,38H2,(H,40,43)(H,41,42)/t21-,22-,26-/m0/s1. The van der Waals surface area contributed by atoms with Crippen molar-refractivity contribution in [2.45, 2.75) is 30.3 Å². The first-order valence-corrected chi connectivity index (χ1v) is 13.8. The van der Waals surface area contributed by atoms with Crippen molar-refractivity contribution in [2.24, 2.45) is 5.73 Å². The second-order valence-corrected chi connectivity index (χ2v) is 10.3. The number of ether oxygens (including phenoxy) is 3. The molecular weight excluding hydrogens is 629 g/mol. The van der Waals surface area contributed by atoms with Crippen molar-refractivity contribution in [3.05, 3.63) is 95.1 Å². The van der Waals surface area contributed by atoms with Gasteiger partial charge in [-0.15, -0.1) is 0 Å². The fraction of sp³-hybridized carbons (Fsp3) is 0.333. The second-order valence-electron chi connectivity index (χ2n) is 10.3. The van der Waals surface area contributed by atoms with E-state index in [9.17, 15) is 40.3 Å². The van der Waals surface area contributed by atoms with E-state index in [1.165, 1.54) is 24.3 Å². The highest BCUT2D eigenvalue weighted by atomic mass is 19.4. The van der Waals surface area contributed by atoms with Gasteiger partial charge in [-0.1, -0.05) is 24.3 Å². The Morgan fingerprint density at radius 3 is 2.09 bits per heavy atom. The molecule has 0 unspecified atom stereocenters. The molecule has 248 valence electrons. The third-order valence-corrected chi connectivity index (χ3v) is 6.82. The van der Waals surface area contributed by atoms with Crippen LogP contribution in [-0.2, 0) is 14.3 Å². The Bertz CT molecular complexity index is 1440. The first-order valence-electron chi connectivity index (χ1n) is 13.8. The van der Waals surface area contributed by atoms with Gasteiger partial charge in [0.25, 0.3) is 0 Å². The van der Waals surface area contributed by atoms with Gasteiger partial charge in [-0.05, 0) is 35.4 Å². The van der Waals surface area contributed by atoms with Crippen molar-refractivity contribution in [1.29, 1.82) is 0 Å². The number of alkyl carbamates (subject to hydrolysis) is 1. The summed E-state index contributed by atoms with van der Waals surface area (Å²) in [5.74, 6) is -5.55. The van der Waals surface area contributed by atoms with E-state index in [0.29, 0.717) is 17.2 Å². The van der Waals surface area contributed by atoms with Gasteiger partial charge in [0.1, 0.15) is 43.3 Å². The average Bonchev–Trinajstić information content (AvgIpc) is 3.00. The van der Waals surface area contributed by atoms with E-state index >= 15 is 0 Å². The average molecular weight is 659 g/mol. The Morgan fingerprint density at radius 2 is 1.54 bits per heavy atom. The van der Waals surface area contributed by atoms with Crippen molar-refractivity contribution in [3.8, 4) is 5.75 Å². The minimum atomic E-state index is -4.59. The Hall–Kier alpha value is -4.41. The number of amides is 2. The summed E-state index contributed by atoms with van der Waals surface area (Å²) in [7, 11) is 0. The van der Waals surface area contributed by atoms with Gasteiger partial charge >= 0.3 is 12.3 Å². The van der Waals surface area contributed by atoms with Crippen LogP contribution in [0, 0.1) is 23.3 Å². The van der Waals surface area contributed by atoms with Crippen molar-refractivity contribution in [1.82, 2.24) is 10.6 Å². The number of carbonyl (C=O) groups excluding carboxylic acids is 2. The molecule has 0 aliphatic carbocycles. The first-order chi connectivity index (χ1) is 21.8. The molecule has 1 saturated heterocycles. The molecule has 1 fully saturated rings. The number of halogens is 7. The molecule has 2 amide bonds. The summed E-state index contributed by atoms with van der Waals surface area (Å²) in [5, 5.41) is 6.90. The number of morpholine rings is 1. The molecule has 46 heavy (non-hydrogen) atoms. The highest BCUT2D eigenvalue weighted by molar-refractivity contribution is 5.97. The van der Waals surface area contributed by atoms with Gasteiger partial charge in [-0.2, -0.15) is 13.2 Å². The quantitative estimate of drug-likeness (QED) is 0.226. The van der Waals surface area contributed by atoms with Crippen molar-refractivity contribution < 1.29 is 54.5 Å². The largest absolute Gasteiger partial charge is 0.486 e. The van der Waals surface area contributed by atoms with Gasteiger partial charge in [-0.25, -0.2) is 22.4 Å². The van der Waals surface area contributed by atoms with Gasteiger partial charge in [0.05, 0.1) is 24.4 Å². The number of alkyl halides is 3. The third kappa shape index (κ3) is 9.79. The van der Waals surface area contributed by atoms with Gasteiger partial charge in [0.15, 0.2) is 11.6 Å². The SMILES string of the molecule is N[C@H](C(=O)Nc1cc(F)cc(F)c1OC[C@@H]1CN[C@H](COC(=O)NCC(F)(F)F)CO1)C(c1ccc(F)cc1)c1ccc(F)cc1. The highest BCUT2D eigenvalue weighted by Crippen LogP contribution is 2.32. The van der Waals surface area contributed by atoms with E-state index < -0.39 is 77.8 Å². The monoisotopic (exact) mass is 658 g/mol. The van der Waals surface area contributed by atoms with Crippen LogP contribution in [0.1, 0.15) is 17.0 Å². The summed E-state index contributed by atoms with van der Waals surface area (Å²) in [5.41, 5.74) is 6.78. The number of benzene rings is 3. The lowest BCUT2D eigenvalue weighted by Crippen LogP contribution is -2.51. The fourth-order valence-electron chi connectivity index (χ4n) is 4.57. The molecule has 0 spiro atoms.